The molecule has 3 aromatic rings. The van der Waals surface area contributed by atoms with Crippen molar-refractivity contribution in [3.63, 3.8) is 0 Å². The first kappa shape index (κ1) is 17.2. The molecule has 26 heavy (non-hydrogen) atoms. The van der Waals surface area contributed by atoms with Crippen LogP contribution < -0.4 is 9.47 Å². The lowest BCUT2D eigenvalue weighted by Crippen LogP contribution is -2.00. The molecular weight excluding hydrogens is 343 g/mol. The van der Waals surface area contributed by atoms with Crippen molar-refractivity contribution in [3.8, 4) is 28.8 Å². The molecule has 0 aromatic carbocycles. The van der Waals surface area contributed by atoms with Gasteiger partial charge in [-0.05, 0) is 13.0 Å². The molecule has 3 aromatic heterocycles. The molecule has 0 aliphatic carbocycles. The smallest absolute Gasteiger partial charge is 0.338 e. The number of aromatic nitrogens is 4. The van der Waals surface area contributed by atoms with E-state index >= 15 is 0 Å². The third-order valence-electron chi connectivity index (χ3n) is 3.17. The fourth-order valence-corrected chi connectivity index (χ4v) is 2.04. The molecule has 0 bridgehead atoms. The standard InChI is InChI=1S/C17H13FN4O4/c1-2-25-14-4-12(18)8-22-16(14)26-13-3-10(5-19-9-13)15-20-6-11(7-21-15)17(23)24/h3-9H,2H2,1H3,(H,23,24). The van der Waals surface area contributed by atoms with Crippen LogP contribution in [0.2, 0.25) is 0 Å². The maximum Gasteiger partial charge on any atom is 0.338 e. The van der Waals surface area contributed by atoms with Gasteiger partial charge in [0.15, 0.2) is 11.6 Å². The quantitative estimate of drug-likeness (QED) is 0.718. The number of rotatable bonds is 6. The van der Waals surface area contributed by atoms with E-state index in [1.807, 2.05) is 0 Å². The Morgan fingerprint density at radius 1 is 1.12 bits per heavy atom. The number of nitrogens with zero attached hydrogens (tertiary/aromatic N) is 4. The Morgan fingerprint density at radius 3 is 2.58 bits per heavy atom. The number of carboxylic acid groups (broad SMARTS) is 1. The van der Waals surface area contributed by atoms with Crippen molar-refractivity contribution in [2.75, 3.05) is 6.61 Å². The van der Waals surface area contributed by atoms with Crippen LogP contribution in [-0.4, -0.2) is 37.6 Å². The van der Waals surface area contributed by atoms with E-state index in [0.717, 1.165) is 6.20 Å². The van der Waals surface area contributed by atoms with Crippen LogP contribution in [0.4, 0.5) is 4.39 Å². The summed E-state index contributed by atoms with van der Waals surface area (Å²) in [5.41, 5.74) is 0.491. The lowest BCUT2D eigenvalue weighted by Gasteiger charge is -2.10. The van der Waals surface area contributed by atoms with Crippen molar-refractivity contribution >= 4 is 5.97 Å². The van der Waals surface area contributed by atoms with E-state index in [9.17, 15) is 9.18 Å². The van der Waals surface area contributed by atoms with Gasteiger partial charge in [0.1, 0.15) is 11.6 Å². The molecule has 3 heterocycles. The van der Waals surface area contributed by atoms with Crippen LogP contribution in [0.1, 0.15) is 17.3 Å². The van der Waals surface area contributed by atoms with Crippen LogP contribution in [0.5, 0.6) is 17.4 Å². The number of ether oxygens (including phenoxy) is 2. The number of carboxylic acids is 1. The molecule has 0 saturated heterocycles. The Labute approximate surface area is 147 Å². The Hall–Kier alpha value is -3.62. The largest absolute Gasteiger partial charge is 0.488 e. The van der Waals surface area contributed by atoms with Gasteiger partial charge in [0, 0.05) is 30.2 Å². The van der Waals surface area contributed by atoms with Gasteiger partial charge < -0.3 is 14.6 Å². The summed E-state index contributed by atoms with van der Waals surface area (Å²) in [4.78, 5) is 26.8. The summed E-state index contributed by atoms with van der Waals surface area (Å²) in [6.07, 6.45) is 6.36. The number of pyridine rings is 2. The van der Waals surface area contributed by atoms with Gasteiger partial charge in [0.25, 0.3) is 5.88 Å². The normalized spacial score (nSPS) is 10.4. The number of halogens is 1. The van der Waals surface area contributed by atoms with Crippen molar-refractivity contribution in [3.05, 3.63) is 54.5 Å². The molecule has 0 aliphatic rings. The van der Waals surface area contributed by atoms with Gasteiger partial charge in [-0.25, -0.2) is 24.1 Å². The zero-order valence-corrected chi connectivity index (χ0v) is 13.6. The lowest BCUT2D eigenvalue weighted by molar-refractivity contribution is 0.0696. The molecule has 0 radical (unpaired) electrons. The molecule has 0 unspecified atom stereocenters. The molecule has 8 nitrogen and oxygen atoms in total. The Balaban J connectivity index is 1.87. The SMILES string of the molecule is CCOc1cc(F)cnc1Oc1cncc(-c2ncc(C(=O)O)cn2)c1. The minimum Gasteiger partial charge on any atom is -0.488 e. The average Bonchev–Trinajstić information content (AvgIpc) is 2.64. The molecule has 0 atom stereocenters. The second-order valence-electron chi connectivity index (χ2n) is 5.00. The summed E-state index contributed by atoms with van der Waals surface area (Å²) in [6.45, 7) is 2.08. The minimum atomic E-state index is -1.11. The van der Waals surface area contributed by atoms with Crippen molar-refractivity contribution < 1.29 is 23.8 Å². The van der Waals surface area contributed by atoms with Crippen molar-refractivity contribution in [2.45, 2.75) is 6.92 Å². The maximum atomic E-state index is 13.3. The van der Waals surface area contributed by atoms with Gasteiger partial charge in [-0.2, -0.15) is 0 Å². The maximum absolute atomic E-state index is 13.3. The highest BCUT2D eigenvalue weighted by Crippen LogP contribution is 2.30. The predicted molar refractivity (Wildman–Crippen MR) is 87.7 cm³/mol. The molecule has 0 aliphatic heterocycles. The van der Waals surface area contributed by atoms with Gasteiger partial charge in [-0.1, -0.05) is 0 Å². The van der Waals surface area contributed by atoms with E-state index in [2.05, 4.69) is 19.9 Å². The summed E-state index contributed by atoms with van der Waals surface area (Å²) in [5.74, 6) is -0.801. The zero-order chi connectivity index (χ0) is 18.5. The summed E-state index contributed by atoms with van der Waals surface area (Å²) in [5, 5.41) is 8.89. The molecule has 0 spiro atoms. The average molecular weight is 356 g/mol. The van der Waals surface area contributed by atoms with E-state index < -0.39 is 11.8 Å². The summed E-state index contributed by atoms with van der Waals surface area (Å²) in [7, 11) is 0. The van der Waals surface area contributed by atoms with E-state index in [-0.39, 0.29) is 23.0 Å². The number of hydrogen-bond donors (Lipinski definition) is 1. The van der Waals surface area contributed by atoms with E-state index in [1.165, 1.54) is 30.9 Å². The highest BCUT2D eigenvalue weighted by Gasteiger charge is 2.12. The van der Waals surface area contributed by atoms with Crippen molar-refractivity contribution in [1.29, 1.82) is 0 Å². The molecule has 3 rings (SSSR count). The first-order valence-electron chi connectivity index (χ1n) is 7.53. The second kappa shape index (κ2) is 7.51. The Morgan fingerprint density at radius 2 is 1.88 bits per heavy atom. The molecule has 1 N–H and O–H groups in total. The van der Waals surface area contributed by atoms with E-state index in [1.54, 1.807) is 13.0 Å². The van der Waals surface area contributed by atoms with Gasteiger partial charge in [-0.15, -0.1) is 0 Å². The van der Waals surface area contributed by atoms with Crippen LogP contribution >= 0.6 is 0 Å². The monoisotopic (exact) mass is 356 g/mol. The highest BCUT2D eigenvalue weighted by molar-refractivity contribution is 5.86. The topological polar surface area (TPSA) is 107 Å². The lowest BCUT2D eigenvalue weighted by atomic mass is 10.2. The first-order chi connectivity index (χ1) is 12.6. The van der Waals surface area contributed by atoms with Gasteiger partial charge in [0.2, 0.25) is 0 Å². The van der Waals surface area contributed by atoms with Crippen LogP contribution in [0.25, 0.3) is 11.4 Å². The van der Waals surface area contributed by atoms with Crippen LogP contribution in [0, 0.1) is 5.82 Å². The highest BCUT2D eigenvalue weighted by atomic mass is 19.1. The van der Waals surface area contributed by atoms with Crippen LogP contribution in [-0.2, 0) is 0 Å². The van der Waals surface area contributed by atoms with Gasteiger partial charge >= 0.3 is 5.97 Å². The van der Waals surface area contributed by atoms with Gasteiger partial charge in [0.05, 0.1) is 24.6 Å². The Kier molecular flexibility index (Phi) is 4.97. The zero-order valence-electron chi connectivity index (χ0n) is 13.6. The Bertz CT molecular complexity index is 934. The predicted octanol–water partition coefficient (Wildman–Crippen LogP) is 2.96. The fraction of sp³-hybridized carbons (Fsp3) is 0.118. The van der Waals surface area contributed by atoms with Crippen LogP contribution in [0.15, 0.2) is 43.1 Å². The molecule has 0 saturated carbocycles. The fourth-order valence-electron chi connectivity index (χ4n) is 2.04. The molecule has 0 fully saturated rings. The third kappa shape index (κ3) is 3.89. The molecule has 132 valence electrons. The van der Waals surface area contributed by atoms with E-state index in [4.69, 9.17) is 14.6 Å². The number of hydrogen-bond acceptors (Lipinski definition) is 7. The first-order valence-corrected chi connectivity index (χ1v) is 7.53. The van der Waals surface area contributed by atoms with Crippen LogP contribution in [0.3, 0.4) is 0 Å². The molecule has 9 heteroatoms. The van der Waals surface area contributed by atoms with E-state index in [0.29, 0.717) is 17.9 Å². The summed E-state index contributed by atoms with van der Waals surface area (Å²) < 4.78 is 24.3. The third-order valence-corrected chi connectivity index (χ3v) is 3.17. The summed E-state index contributed by atoms with van der Waals surface area (Å²) >= 11 is 0. The number of aromatic carboxylic acids is 1. The number of carbonyl (C=O) groups is 1. The summed E-state index contributed by atoms with van der Waals surface area (Å²) in [6, 6.07) is 2.78. The van der Waals surface area contributed by atoms with Gasteiger partial charge in [-0.3, -0.25) is 4.98 Å². The van der Waals surface area contributed by atoms with Crippen molar-refractivity contribution in [1.82, 2.24) is 19.9 Å². The molecular formula is C17H13FN4O4. The minimum absolute atomic E-state index is 0.0222. The molecule has 0 amide bonds. The second-order valence-corrected chi connectivity index (χ2v) is 5.00. The van der Waals surface area contributed by atoms with Crippen molar-refractivity contribution in [2.24, 2.45) is 0 Å².